The molecule has 1 fully saturated rings. The second-order valence-corrected chi connectivity index (χ2v) is 5.67. The Labute approximate surface area is 105 Å². The Morgan fingerprint density at radius 2 is 1.88 bits per heavy atom. The van der Waals surface area contributed by atoms with E-state index in [1.165, 1.54) is 39.0 Å². The molecule has 0 bridgehead atoms. The van der Waals surface area contributed by atoms with Gasteiger partial charge in [0.25, 0.3) is 0 Å². The Bertz CT molecular complexity index is 242. The zero-order valence-corrected chi connectivity index (χ0v) is 11.6. The van der Waals surface area contributed by atoms with Crippen molar-refractivity contribution in [3.05, 3.63) is 0 Å². The predicted molar refractivity (Wildman–Crippen MR) is 67.8 cm³/mol. The van der Waals surface area contributed by atoms with Crippen LogP contribution in [0.15, 0.2) is 0 Å². The first-order valence-electron chi connectivity index (χ1n) is 6.73. The van der Waals surface area contributed by atoms with E-state index in [9.17, 15) is 4.79 Å². The largest absolute Gasteiger partial charge is 0.463 e. The van der Waals surface area contributed by atoms with Gasteiger partial charge in [-0.05, 0) is 39.5 Å². The molecule has 3 heteroatoms. The summed E-state index contributed by atoms with van der Waals surface area (Å²) in [7, 11) is 0. The lowest BCUT2D eigenvalue weighted by Crippen LogP contribution is -2.39. The fraction of sp³-hybridized carbons (Fsp3) is 0.929. The molecule has 0 aliphatic heterocycles. The third kappa shape index (κ3) is 5.07. The maximum Gasteiger partial charge on any atom is 0.302 e. The molecule has 1 unspecified atom stereocenters. The van der Waals surface area contributed by atoms with Gasteiger partial charge in [0.05, 0.1) is 11.7 Å². The van der Waals surface area contributed by atoms with Gasteiger partial charge in [0.2, 0.25) is 0 Å². The smallest absolute Gasteiger partial charge is 0.302 e. The summed E-state index contributed by atoms with van der Waals surface area (Å²) in [5.74, 6) is 0.395. The lowest BCUT2D eigenvalue weighted by molar-refractivity contribution is -0.155. The number of rotatable bonds is 5. The van der Waals surface area contributed by atoms with Gasteiger partial charge in [-0.3, -0.25) is 4.79 Å². The van der Waals surface area contributed by atoms with Crippen molar-refractivity contribution in [3.8, 4) is 0 Å². The molecule has 0 heterocycles. The molecule has 0 radical (unpaired) electrons. The molecule has 1 rings (SSSR count). The molecule has 1 saturated carbocycles. The molecule has 0 spiro atoms. The van der Waals surface area contributed by atoms with Crippen LogP contribution in [-0.2, 0) is 14.3 Å². The standard InChI is InChI=1S/C14H26O3/c1-11(10-16-12(2)15)17-14(3,4)13-8-6-5-7-9-13/h11,13H,5-10H2,1-4H3. The topological polar surface area (TPSA) is 35.5 Å². The van der Waals surface area contributed by atoms with E-state index in [1.54, 1.807) is 0 Å². The normalized spacial score (nSPS) is 20.0. The van der Waals surface area contributed by atoms with E-state index in [-0.39, 0.29) is 17.7 Å². The van der Waals surface area contributed by atoms with Crippen LogP contribution in [0.4, 0.5) is 0 Å². The summed E-state index contributed by atoms with van der Waals surface area (Å²) < 4.78 is 11.0. The van der Waals surface area contributed by atoms with E-state index in [0.29, 0.717) is 12.5 Å². The van der Waals surface area contributed by atoms with Gasteiger partial charge < -0.3 is 9.47 Å². The van der Waals surface area contributed by atoms with Crippen LogP contribution in [0, 0.1) is 5.92 Å². The number of hydrogen-bond donors (Lipinski definition) is 0. The molecule has 100 valence electrons. The van der Waals surface area contributed by atoms with Crippen molar-refractivity contribution in [2.45, 2.75) is 71.5 Å². The average Bonchev–Trinajstić information content (AvgIpc) is 2.27. The van der Waals surface area contributed by atoms with Crippen LogP contribution in [0.1, 0.15) is 59.8 Å². The fourth-order valence-corrected chi connectivity index (χ4v) is 2.68. The van der Waals surface area contributed by atoms with Gasteiger partial charge in [0.15, 0.2) is 0 Å². The number of carbonyl (C=O) groups is 1. The van der Waals surface area contributed by atoms with Crippen LogP contribution in [-0.4, -0.2) is 24.3 Å². The van der Waals surface area contributed by atoms with Gasteiger partial charge in [0.1, 0.15) is 6.61 Å². The Balaban J connectivity index is 2.38. The molecule has 3 nitrogen and oxygen atoms in total. The van der Waals surface area contributed by atoms with E-state index < -0.39 is 0 Å². The Morgan fingerprint density at radius 3 is 2.41 bits per heavy atom. The molecule has 0 N–H and O–H groups in total. The van der Waals surface area contributed by atoms with Gasteiger partial charge in [0, 0.05) is 6.92 Å². The molecule has 1 atom stereocenters. The number of esters is 1. The first-order valence-corrected chi connectivity index (χ1v) is 6.73. The molecule has 0 amide bonds. The predicted octanol–water partition coefficient (Wildman–Crippen LogP) is 3.31. The minimum atomic E-state index is -0.240. The molecule has 0 saturated heterocycles. The second-order valence-electron chi connectivity index (χ2n) is 5.67. The van der Waals surface area contributed by atoms with Crippen molar-refractivity contribution in [2.75, 3.05) is 6.61 Å². The van der Waals surface area contributed by atoms with Crippen molar-refractivity contribution >= 4 is 5.97 Å². The number of carbonyl (C=O) groups excluding carboxylic acids is 1. The van der Waals surface area contributed by atoms with Crippen LogP contribution in [0.3, 0.4) is 0 Å². The highest BCUT2D eigenvalue weighted by Crippen LogP contribution is 2.35. The highest BCUT2D eigenvalue weighted by molar-refractivity contribution is 5.65. The average molecular weight is 242 g/mol. The van der Waals surface area contributed by atoms with Crippen molar-refractivity contribution in [1.29, 1.82) is 0 Å². The van der Waals surface area contributed by atoms with Crippen molar-refractivity contribution in [1.82, 2.24) is 0 Å². The lowest BCUT2D eigenvalue weighted by atomic mass is 9.78. The van der Waals surface area contributed by atoms with Crippen LogP contribution < -0.4 is 0 Å². The van der Waals surface area contributed by atoms with E-state index in [1.807, 2.05) is 6.92 Å². The summed E-state index contributed by atoms with van der Waals surface area (Å²) in [5.41, 5.74) is -0.111. The minimum absolute atomic E-state index is 0.0316. The Hall–Kier alpha value is -0.570. The summed E-state index contributed by atoms with van der Waals surface area (Å²) in [5, 5.41) is 0. The Morgan fingerprint density at radius 1 is 1.29 bits per heavy atom. The van der Waals surface area contributed by atoms with Crippen LogP contribution >= 0.6 is 0 Å². The van der Waals surface area contributed by atoms with E-state index >= 15 is 0 Å². The first-order chi connectivity index (χ1) is 7.92. The molecule has 0 aromatic heterocycles. The van der Waals surface area contributed by atoms with Crippen molar-refractivity contribution in [2.24, 2.45) is 5.92 Å². The van der Waals surface area contributed by atoms with E-state index in [4.69, 9.17) is 9.47 Å². The zero-order chi connectivity index (χ0) is 12.9. The monoisotopic (exact) mass is 242 g/mol. The molecule has 0 aromatic carbocycles. The molecule has 0 aromatic rings. The summed E-state index contributed by atoms with van der Waals surface area (Å²) in [6, 6.07) is 0. The molecule has 1 aliphatic rings. The quantitative estimate of drug-likeness (QED) is 0.694. The maximum atomic E-state index is 10.7. The van der Waals surface area contributed by atoms with Gasteiger partial charge in [-0.1, -0.05) is 19.3 Å². The van der Waals surface area contributed by atoms with Crippen molar-refractivity contribution in [3.63, 3.8) is 0 Å². The number of hydrogen-bond acceptors (Lipinski definition) is 3. The fourth-order valence-electron chi connectivity index (χ4n) is 2.68. The molecular weight excluding hydrogens is 216 g/mol. The third-order valence-electron chi connectivity index (χ3n) is 3.61. The SMILES string of the molecule is CC(=O)OCC(C)OC(C)(C)C1CCCCC1. The summed E-state index contributed by atoms with van der Waals surface area (Å²) in [6.45, 7) is 8.07. The van der Waals surface area contributed by atoms with Crippen molar-refractivity contribution < 1.29 is 14.3 Å². The second kappa shape index (κ2) is 6.39. The minimum Gasteiger partial charge on any atom is -0.463 e. The Kier molecular flexibility index (Phi) is 5.44. The highest BCUT2D eigenvalue weighted by atomic mass is 16.6. The summed E-state index contributed by atoms with van der Waals surface area (Å²) in [6.07, 6.45) is 6.47. The highest BCUT2D eigenvalue weighted by Gasteiger charge is 2.32. The van der Waals surface area contributed by atoms with Gasteiger partial charge in [-0.15, -0.1) is 0 Å². The number of ether oxygens (including phenoxy) is 2. The van der Waals surface area contributed by atoms with E-state index in [2.05, 4.69) is 13.8 Å². The van der Waals surface area contributed by atoms with Crippen LogP contribution in [0.5, 0.6) is 0 Å². The van der Waals surface area contributed by atoms with Crippen LogP contribution in [0.25, 0.3) is 0 Å². The summed E-state index contributed by atoms with van der Waals surface area (Å²) in [4.78, 5) is 10.7. The van der Waals surface area contributed by atoms with Gasteiger partial charge in [-0.25, -0.2) is 0 Å². The molecular formula is C14H26O3. The lowest BCUT2D eigenvalue weighted by Gasteiger charge is -2.38. The van der Waals surface area contributed by atoms with Gasteiger partial charge >= 0.3 is 5.97 Å². The molecule has 1 aliphatic carbocycles. The maximum absolute atomic E-state index is 10.7. The zero-order valence-electron chi connectivity index (χ0n) is 11.6. The van der Waals surface area contributed by atoms with Crippen LogP contribution in [0.2, 0.25) is 0 Å². The molecule has 17 heavy (non-hydrogen) atoms. The van der Waals surface area contributed by atoms with E-state index in [0.717, 1.165) is 0 Å². The summed E-state index contributed by atoms with van der Waals surface area (Å²) >= 11 is 0. The third-order valence-corrected chi connectivity index (χ3v) is 3.61. The van der Waals surface area contributed by atoms with Gasteiger partial charge in [-0.2, -0.15) is 0 Å². The first kappa shape index (κ1) is 14.5.